The number of hydrogen-bond donors (Lipinski definition) is 2. The lowest BCUT2D eigenvalue weighted by Gasteiger charge is -2.37. The molecule has 4 heteroatoms. The van der Waals surface area contributed by atoms with Crippen LogP contribution in [0.5, 0.6) is 0 Å². The summed E-state index contributed by atoms with van der Waals surface area (Å²) >= 11 is 0. The fraction of sp³-hybridized carbons (Fsp3) is 0.625. The van der Waals surface area contributed by atoms with Gasteiger partial charge < -0.3 is 11.1 Å². The van der Waals surface area contributed by atoms with Crippen LogP contribution in [0.2, 0.25) is 0 Å². The van der Waals surface area contributed by atoms with Crippen molar-refractivity contribution in [3.63, 3.8) is 0 Å². The first-order valence-corrected chi connectivity index (χ1v) is 7.45. The van der Waals surface area contributed by atoms with Crippen molar-refractivity contribution in [1.29, 1.82) is 0 Å². The molecule has 20 heavy (non-hydrogen) atoms. The van der Waals surface area contributed by atoms with E-state index in [1.165, 1.54) is 0 Å². The number of aryl methyl sites for hydroxylation is 1. The van der Waals surface area contributed by atoms with E-state index in [9.17, 15) is 4.79 Å². The van der Waals surface area contributed by atoms with Crippen molar-refractivity contribution in [3.05, 3.63) is 29.6 Å². The summed E-state index contributed by atoms with van der Waals surface area (Å²) in [7, 11) is 0. The van der Waals surface area contributed by atoms with E-state index in [2.05, 4.69) is 17.2 Å². The van der Waals surface area contributed by atoms with Crippen molar-refractivity contribution >= 4 is 5.91 Å². The van der Waals surface area contributed by atoms with Crippen LogP contribution in [0.1, 0.15) is 43.7 Å². The molecule has 1 amide bonds. The fourth-order valence-corrected chi connectivity index (χ4v) is 2.90. The van der Waals surface area contributed by atoms with E-state index >= 15 is 0 Å². The molecule has 0 atom stereocenters. The Morgan fingerprint density at radius 1 is 1.50 bits per heavy atom. The second-order valence-electron chi connectivity index (χ2n) is 6.15. The third-order valence-corrected chi connectivity index (χ3v) is 4.68. The maximum Gasteiger partial charge on any atom is 0.227 e. The van der Waals surface area contributed by atoms with Gasteiger partial charge in [-0.05, 0) is 55.7 Å². The Kier molecular flexibility index (Phi) is 4.76. The molecule has 0 spiro atoms. The van der Waals surface area contributed by atoms with E-state index in [0.717, 1.165) is 36.8 Å². The van der Waals surface area contributed by atoms with Gasteiger partial charge in [-0.3, -0.25) is 9.78 Å². The first-order valence-electron chi connectivity index (χ1n) is 7.45. The number of carbonyl (C=O) groups is 1. The number of nitrogens with zero attached hydrogens (tertiary/aromatic N) is 1. The number of nitrogens with one attached hydrogen (secondary N) is 1. The molecule has 3 N–H and O–H groups in total. The maximum absolute atomic E-state index is 12.5. The van der Waals surface area contributed by atoms with Crippen LogP contribution in [-0.2, 0) is 11.3 Å². The standard InChI is InChI=1S/C16H25N3O/c1-12-3-6-16(11-17,7-4-12)15(20)19-10-14-5-8-18-9-13(14)2/h5,8-9,12H,3-4,6-7,10-11,17H2,1-2H3,(H,19,20). The number of carbonyl (C=O) groups excluding carboxylic acids is 1. The zero-order chi connectivity index (χ0) is 14.6. The van der Waals surface area contributed by atoms with Crippen molar-refractivity contribution < 1.29 is 4.79 Å². The third-order valence-electron chi connectivity index (χ3n) is 4.68. The van der Waals surface area contributed by atoms with Gasteiger partial charge in [0.05, 0.1) is 5.41 Å². The van der Waals surface area contributed by atoms with E-state index in [-0.39, 0.29) is 11.3 Å². The molecule has 0 saturated heterocycles. The predicted molar refractivity (Wildman–Crippen MR) is 79.9 cm³/mol. The van der Waals surface area contributed by atoms with Gasteiger partial charge in [-0.1, -0.05) is 6.92 Å². The lowest BCUT2D eigenvalue weighted by Crippen LogP contribution is -2.47. The lowest BCUT2D eigenvalue weighted by atomic mass is 9.70. The Hall–Kier alpha value is -1.42. The molecular formula is C16H25N3O. The summed E-state index contributed by atoms with van der Waals surface area (Å²) in [4.78, 5) is 16.6. The Labute approximate surface area is 121 Å². The highest BCUT2D eigenvalue weighted by Crippen LogP contribution is 2.38. The van der Waals surface area contributed by atoms with E-state index in [0.29, 0.717) is 19.0 Å². The van der Waals surface area contributed by atoms with Gasteiger partial charge in [0.1, 0.15) is 0 Å². The number of hydrogen-bond acceptors (Lipinski definition) is 3. The average molecular weight is 275 g/mol. The molecule has 1 fully saturated rings. The summed E-state index contributed by atoms with van der Waals surface area (Å²) < 4.78 is 0. The maximum atomic E-state index is 12.5. The van der Waals surface area contributed by atoms with Crippen LogP contribution in [0.3, 0.4) is 0 Å². The van der Waals surface area contributed by atoms with Crippen LogP contribution in [0.4, 0.5) is 0 Å². The molecule has 0 radical (unpaired) electrons. The molecule has 2 rings (SSSR count). The highest BCUT2D eigenvalue weighted by atomic mass is 16.2. The molecular weight excluding hydrogens is 250 g/mol. The van der Waals surface area contributed by atoms with Crippen LogP contribution < -0.4 is 11.1 Å². The summed E-state index contributed by atoms with van der Waals surface area (Å²) in [5.41, 5.74) is 7.78. The van der Waals surface area contributed by atoms with Crippen molar-refractivity contribution in [2.45, 2.75) is 46.1 Å². The first kappa shape index (κ1) is 15.0. The Morgan fingerprint density at radius 3 is 2.80 bits per heavy atom. The van der Waals surface area contributed by atoms with Crippen LogP contribution in [0.25, 0.3) is 0 Å². The van der Waals surface area contributed by atoms with E-state index in [1.54, 1.807) is 6.20 Å². The molecule has 1 heterocycles. The van der Waals surface area contributed by atoms with Gasteiger partial charge in [-0.2, -0.15) is 0 Å². The molecule has 0 aliphatic heterocycles. The Morgan fingerprint density at radius 2 is 2.20 bits per heavy atom. The molecule has 110 valence electrons. The Bertz CT molecular complexity index is 465. The molecule has 1 aromatic rings. The van der Waals surface area contributed by atoms with Gasteiger partial charge in [0.25, 0.3) is 0 Å². The second kappa shape index (κ2) is 6.35. The summed E-state index contributed by atoms with van der Waals surface area (Å²) in [5, 5.41) is 3.07. The number of aromatic nitrogens is 1. The van der Waals surface area contributed by atoms with Gasteiger partial charge in [-0.25, -0.2) is 0 Å². The minimum atomic E-state index is -0.354. The molecule has 4 nitrogen and oxygen atoms in total. The van der Waals surface area contributed by atoms with Crippen molar-refractivity contribution in [3.8, 4) is 0 Å². The normalized spacial score (nSPS) is 26.2. The number of rotatable bonds is 4. The molecule has 0 bridgehead atoms. The summed E-state index contributed by atoms with van der Waals surface area (Å²) in [6.07, 6.45) is 7.59. The quantitative estimate of drug-likeness (QED) is 0.885. The topological polar surface area (TPSA) is 68.0 Å². The zero-order valence-corrected chi connectivity index (χ0v) is 12.5. The van der Waals surface area contributed by atoms with Crippen LogP contribution >= 0.6 is 0 Å². The van der Waals surface area contributed by atoms with Gasteiger partial charge >= 0.3 is 0 Å². The summed E-state index contributed by atoms with van der Waals surface area (Å²) in [6.45, 7) is 5.26. The largest absolute Gasteiger partial charge is 0.351 e. The zero-order valence-electron chi connectivity index (χ0n) is 12.5. The SMILES string of the molecule is Cc1cnccc1CNC(=O)C1(CN)CCC(C)CC1. The summed E-state index contributed by atoms with van der Waals surface area (Å²) in [6, 6.07) is 1.95. The van der Waals surface area contributed by atoms with E-state index in [1.807, 2.05) is 19.2 Å². The van der Waals surface area contributed by atoms with Crippen LogP contribution in [0, 0.1) is 18.3 Å². The monoisotopic (exact) mass is 275 g/mol. The third kappa shape index (κ3) is 3.18. The number of nitrogens with two attached hydrogens (primary N) is 1. The molecule has 0 aromatic carbocycles. The highest BCUT2D eigenvalue weighted by Gasteiger charge is 2.39. The number of amides is 1. The Balaban J connectivity index is 1.98. The minimum Gasteiger partial charge on any atom is -0.351 e. The molecule has 1 aliphatic carbocycles. The minimum absolute atomic E-state index is 0.114. The van der Waals surface area contributed by atoms with Gasteiger partial charge in [-0.15, -0.1) is 0 Å². The molecule has 1 saturated carbocycles. The molecule has 1 aliphatic rings. The smallest absolute Gasteiger partial charge is 0.227 e. The van der Waals surface area contributed by atoms with Crippen molar-refractivity contribution in [2.75, 3.05) is 6.54 Å². The predicted octanol–water partition coefficient (Wildman–Crippen LogP) is 2.16. The van der Waals surface area contributed by atoms with Crippen molar-refractivity contribution in [1.82, 2.24) is 10.3 Å². The van der Waals surface area contributed by atoms with Gasteiger partial charge in [0, 0.05) is 25.5 Å². The van der Waals surface area contributed by atoms with Crippen LogP contribution in [-0.4, -0.2) is 17.4 Å². The lowest BCUT2D eigenvalue weighted by molar-refractivity contribution is -0.133. The second-order valence-corrected chi connectivity index (χ2v) is 6.15. The first-order chi connectivity index (χ1) is 9.57. The van der Waals surface area contributed by atoms with E-state index in [4.69, 9.17) is 5.73 Å². The van der Waals surface area contributed by atoms with Crippen LogP contribution in [0.15, 0.2) is 18.5 Å². The van der Waals surface area contributed by atoms with Gasteiger partial charge in [0.2, 0.25) is 5.91 Å². The summed E-state index contributed by atoms with van der Waals surface area (Å²) in [5.74, 6) is 0.827. The van der Waals surface area contributed by atoms with E-state index < -0.39 is 0 Å². The number of pyridine rings is 1. The molecule has 1 aromatic heterocycles. The fourth-order valence-electron chi connectivity index (χ4n) is 2.90. The highest BCUT2D eigenvalue weighted by molar-refractivity contribution is 5.83. The molecule has 0 unspecified atom stereocenters. The average Bonchev–Trinajstić information content (AvgIpc) is 2.47. The van der Waals surface area contributed by atoms with Crippen molar-refractivity contribution in [2.24, 2.45) is 17.1 Å². The van der Waals surface area contributed by atoms with Gasteiger partial charge in [0.15, 0.2) is 0 Å².